The van der Waals surface area contributed by atoms with E-state index >= 15 is 0 Å². The lowest BCUT2D eigenvalue weighted by Gasteiger charge is -2.12. The molecule has 0 atom stereocenters. The maximum absolute atomic E-state index is 5.40. The second-order valence-electron chi connectivity index (χ2n) is 6.00. The molecular weight excluding hydrogens is 300 g/mol. The van der Waals surface area contributed by atoms with Gasteiger partial charge in [-0.2, -0.15) is 4.98 Å². The van der Waals surface area contributed by atoms with Crippen LogP contribution in [0.15, 0.2) is 48.5 Å². The van der Waals surface area contributed by atoms with Gasteiger partial charge in [-0.25, -0.2) is 4.98 Å². The number of benzene rings is 2. The van der Waals surface area contributed by atoms with Gasteiger partial charge >= 0.3 is 0 Å². The standard InChI is InChI=1S/C19H20N4O/c1-24-17-9-5-2-6-13(17)12-20-19-22-16-8-4-3-7-15(16)18(23-19)21-14-10-11-14/h2-9,14H,10-12H2,1H3,(H2,20,21,22,23). The summed E-state index contributed by atoms with van der Waals surface area (Å²) in [6.45, 7) is 0.616. The quantitative estimate of drug-likeness (QED) is 0.723. The number of para-hydroxylation sites is 2. The van der Waals surface area contributed by atoms with E-state index in [0.717, 1.165) is 28.0 Å². The van der Waals surface area contributed by atoms with Gasteiger partial charge in [0.05, 0.1) is 12.6 Å². The van der Waals surface area contributed by atoms with Crippen molar-refractivity contribution in [1.82, 2.24) is 9.97 Å². The highest BCUT2D eigenvalue weighted by atomic mass is 16.5. The van der Waals surface area contributed by atoms with Gasteiger partial charge in [0.2, 0.25) is 5.95 Å². The third kappa shape index (κ3) is 3.11. The number of fused-ring (bicyclic) bond motifs is 1. The van der Waals surface area contributed by atoms with Crippen molar-refractivity contribution in [2.24, 2.45) is 0 Å². The van der Waals surface area contributed by atoms with Crippen LogP contribution in [0.25, 0.3) is 10.9 Å². The van der Waals surface area contributed by atoms with E-state index in [1.807, 2.05) is 42.5 Å². The molecule has 0 aliphatic heterocycles. The SMILES string of the molecule is COc1ccccc1CNc1nc(NC2CC2)c2ccccc2n1. The Labute approximate surface area is 141 Å². The molecule has 0 bridgehead atoms. The summed E-state index contributed by atoms with van der Waals surface area (Å²) >= 11 is 0. The smallest absolute Gasteiger partial charge is 0.225 e. The van der Waals surface area contributed by atoms with Gasteiger partial charge in [-0.1, -0.05) is 30.3 Å². The van der Waals surface area contributed by atoms with Gasteiger partial charge < -0.3 is 15.4 Å². The molecule has 0 unspecified atom stereocenters. The van der Waals surface area contributed by atoms with Gasteiger partial charge in [-0.15, -0.1) is 0 Å². The Morgan fingerprint density at radius 3 is 2.67 bits per heavy atom. The monoisotopic (exact) mass is 320 g/mol. The Balaban J connectivity index is 1.61. The number of rotatable bonds is 6. The van der Waals surface area contributed by atoms with Crippen LogP contribution in [-0.2, 0) is 6.54 Å². The van der Waals surface area contributed by atoms with Crippen molar-refractivity contribution in [3.8, 4) is 5.75 Å². The third-order valence-corrected chi connectivity index (χ3v) is 4.15. The summed E-state index contributed by atoms with van der Waals surface area (Å²) in [5.41, 5.74) is 2.02. The molecule has 5 nitrogen and oxygen atoms in total. The zero-order valence-corrected chi connectivity index (χ0v) is 13.6. The van der Waals surface area contributed by atoms with Gasteiger partial charge in [0, 0.05) is 23.5 Å². The minimum Gasteiger partial charge on any atom is -0.496 e. The molecule has 0 saturated heterocycles. The molecule has 24 heavy (non-hydrogen) atoms. The van der Waals surface area contributed by atoms with E-state index in [0.29, 0.717) is 18.5 Å². The predicted molar refractivity (Wildman–Crippen MR) is 96.5 cm³/mol. The highest BCUT2D eigenvalue weighted by Crippen LogP contribution is 2.29. The van der Waals surface area contributed by atoms with E-state index in [2.05, 4.69) is 26.7 Å². The van der Waals surface area contributed by atoms with Crippen LogP contribution in [0.4, 0.5) is 11.8 Å². The average Bonchev–Trinajstić information content (AvgIpc) is 3.44. The second kappa shape index (κ2) is 6.35. The molecule has 0 spiro atoms. The highest BCUT2D eigenvalue weighted by Gasteiger charge is 2.22. The number of ether oxygens (including phenoxy) is 1. The number of hydrogen-bond acceptors (Lipinski definition) is 5. The summed E-state index contributed by atoms with van der Waals surface area (Å²) in [5.74, 6) is 2.40. The molecule has 5 heteroatoms. The molecule has 2 aromatic carbocycles. The lowest BCUT2D eigenvalue weighted by molar-refractivity contribution is 0.410. The van der Waals surface area contributed by atoms with Crippen molar-refractivity contribution >= 4 is 22.7 Å². The van der Waals surface area contributed by atoms with Crippen LogP contribution in [-0.4, -0.2) is 23.1 Å². The molecule has 4 rings (SSSR count). The van der Waals surface area contributed by atoms with Crippen molar-refractivity contribution in [3.05, 3.63) is 54.1 Å². The van der Waals surface area contributed by atoms with Crippen molar-refractivity contribution in [1.29, 1.82) is 0 Å². The largest absolute Gasteiger partial charge is 0.496 e. The summed E-state index contributed by atoms with van der Waals surface area (Å²) in [5, 5.41) is 7.89. The van der Waals surface area contributed by atoms with Crippen LogP contribution >= 0.6 is 0 Å². The number of hydrogen-bond donors (Lipinski definition) is 2. The van der Waals surface area contributed by atoms with Gasteiger partial charge in [0.1, 0.15) is 11.6 Å². The summed E-state index contributed by atoms with van der Waals surface area (Å²) in [7, 11) is 1.68. The van der Waals surface area contributed by atoms with Crippen molar-refractivity contribution < 1.29 is 4.74 Å². The maximum Gasteiger partial charge on any atom is 0.225 e. The Hall–Kier alpha value is -2.82. The van der Waals surface area contributed by atoms with E-state index in [1.165, 1.54) is 12.8 Å². The molecule has 1 aromatic heterocycles. The molecule has 1 aliphatic rings. The zero-order valence-electron chi connectivity index (χ0n) is 13.6. The molecule has 0 radical (unpaired) electrons. The molecule has 2 N–H and O–H groups in total. The van der Waals surface area contributed by atoms with Crippen molar-refractivity contribution in [3.63, 3.8) is 0 Å². The lowest BCUT2D eigenvalue weighted by atomic mass is 10.2. The van der Waals surface area contributed by atoms with E-state index in [4.69, 9.17) is 4.74 Å². The molecule has 1 aliphatic carbocycles. The fourth-order valence-corrected chi connectivity index (χ4v) is 2.71. The first kappa shape index (κ1) is 14.8. The summed E-state index contributed by atoms with van der Waals surface area (Å²) < 4.78 is 5.40. The van der Waals surface area contributed by atoms with E-state index in [9.17, 15) is 0 Å². The maximum atomic E-state index is 5.40. The fourth-order valence-electron chi connectivity index (χ4n) is 2.71. The van der Waals surface area contributed by atoms with Crippen LogP contribution in [0.2, 0.25) is 0 Å². The topological polar surface area (TPSA) is 59.1 Å². The molecule has 3 aromatic rings. The summed E-state index contributed by atoms with van der Waals surface area (Å²) in [6.07, 6.45) is 2.42. The van der Waals surface area contributed by atoms with Gasteiger partial charge in [-0.05, 0) is 31.0 Å². The average molecular weight is 320 g/mol. The van der Waals surface area contributed by atoms with Gasteiger partial charge in [0.25, 0.3) is 0 Å². The van der Waals surface area contributed by atoms with Gasteiger partial charge in [0.15, 0.2) is 0 Å². The summed E-state index contributed by atoms with van der Waals surface area (Å²) in [4.78, 5) is 9.31. The molecular formula is C19H20N4O. The molecule has 1 heterocycles. The number of nitrogens with zero attached hydrogens (tertiary/aromatic N) is 2. The van der Waals surface area contributed by atoms with Crippen molar-refractivity contribution in [2.45, 2.75) is 25.4 Å². The number of aromatic nitrogens is 2. The minimum absolute atomic E-state index is 0.547. The molecule has 122 valence electrons. The summed E-state index contributed by atoms with van der Waals surface area (Å²) in [6, 6.07) is 16.6. The van der Waals surface area contributed by atoms with E-state index in [1.54, 1.807) is 7.11 Å². The first-order valence-electron chi connectivity index (χ1n) is 8.22. The van der Waals surface area contributed by atoms with Crippen LogP contribution < -0.4 is 15.4 Å². The molecule has 1 saturated carbocycles. The number of methoxy groups -OCH3 is 1. The second-order valence-corrected chi connectivity index (χ2v) is 6.00. The predicted octanol–water partition coefficient (Wildman–Crippen LogP) is 3.82. The zero-order chi connectivity index (χ0) is 16.4. The van der Waals surface area contributed by atoms with Gasteiger partial charge in [-0.3, -0.25) is 0 Å². The number of anilines is 2. The Bertz CT molecular complexity index is 861. The van der Waals surface area contributed by atoms with Crippen LogP contribution in [0.3, 0.4) is 0 Å². The molecule has 1 fully saturated rings. The minimum atomic E-state index is 0.547. The Morgan fingerprint density at radius 2 is 1.83 bits per heavy atom. The molecule has 0 amide bonds. The third-order valence-electron chi connectivity index (χ3n) is 4.15. The Kier molecular flexibility index (Phi) is 3.91. The normalized spacial score (nSPS) is 13.7. The lowest BCUT2D eigenvalue weighted by Crippen LogP contribution is -2.09. The fraction of sp³-hybridized carbons (Fsp3) is 0.263. The highest BCUT2D eigenvalue weighted by molar-refractivity contribution is 5.90. The van der Waals surface area contributed by atoms with E-state index < -0.39 is 0 Å². The Morgan fingerprint density at radius 1 is 1.04 bits per heavy atom. The number of nitrogens with one attached hydrogen (secondary N) is 2. The van der Waals surface area contributed by atoms with Crippen LogP contribution in [0.5, 0.6) is 5.75 Å². The first-order valence-corrected chi connectivity index (χ1v) is 8.22. The van der Waals surface area contributed by atoms with E-state index in [-0.39, 0.29) is 0 Å². The van der Waals surface area contributed by atoms with Crippen LogP contribution in [0.1, 0.15) is 18.4 Å². The van der Waals surface area contributed by atoms with Crippen LogP contribution in [0, 0.1) is 0 Å². The first-order chi connectivity index (χ1) is 11.8. The van der Waals surface area contributed by atoms with Crippen molar-refractivity contribution in [2.75, 3.05) is 17.7 Å².